The van der Waals surface area contributed by atoms with Gasteiger partial charge in [-0.1, -0.05) is 23.7 Å². The molecule has 1 aromatic carbocycles. The highest BCUT2D eigenvalue weighted by atomic mass is 35.5. The van der Waals surface area contributed by atoms with Crippen LogP contribution in [0.15, 0.2) is 24.3 Å². The Morgan fingerprint density at radius 3 is 2.87 bits per heavy atom. The van der Waals surface area contributed by atoms with Gasteiger partial charge in [-0.15, -0.1) is 5.10 Å². The number of aromatic nitrogens is 3. The van der Waals surface area contributed by atoms with Gasteiger partial charge in [0.05, 0.1) is 5.02 Å². The molecule has 2 rings (SSSR count). The van der Waals surface area contributed by atoms with E-state index in [0.29, 0.717) is 16.6 Å². The van der Waals surface area contributed by atoms with Crippen molar-refractivity contribution in [3.8, 4) is 5.75 Å². The molecule has 0 saturated heterocycles. The van der Waals surface area contributed by atoms with E-state index >= 15 is 0 Å². The molecule has 0 fully saturated rings. The molecule has 0 spiro atoms. The Morgan fingerprint density at radius 1 is 1.40 bits per heavy atom. The van der Waals surface area contributed by atoms with E-state index in [1.165, 1.54) is 0 Å². The molecule has 2 aromatic rings. The number of ether oxygens (including phenoxy) is 1. The summed E-state index contributed by atoms with van der Waals surface area (Å²) in [5.41, 5.74) is 5.34. The molecule has 78 valence electrons. The number of benzene rings is 1. The molecule has 15 heavy (non-hydrogen) atoms. The van der Waals surface area contributed by atoms with Crippen molar-refractivity contribution >= 4 is 17.5 Å². The first-order valence-corrected chi connectivity index (χ1v) is 4.67. The highest BCUT2D eigenvalue weighted by molar-refractivity contribution is 6.32. The van der Waals surface area contributed by atoms with Crippen LogP contribution in [0.2, 0.25) is 5.02 Å². The molecule has 0 amide bonds. The third kappa shape index (κ3) is 2.38. The standard InChI is InChI=1S/C9H9ClN4O/c10-6-3-1-2-4-7(6)15-5-8-12-9(11)14-13-8/h1-4H,5H2,(H3,11,12,13,14). The van der Waals surface area contributed by atoms with Crippen molar-refractivity contribution in [2.75, 3.05) is 5.73 Å². The third-order valence-corrected chi connectivity index (χ3v) is 2.06. The molecule has 0 radical (unpaired) electrons. The summed E-state index contributed by atoms with van der Waals surface area (Å²) >= 11 is 5.90. The zero-order valence-corrected chi connectivity index (χ0v) is 8.53. The lowest BCUT2D eigenvalue weighted by Gasteiger charge is -2.04. The Balaban J connectivity index is 2.02. The van der Waals surface area contributed by atoms with E-state index < -0.39 is 0 Å². The summed E-state index contributed by atoms with van der Waals surface area (Å²) in [6.07, 6.45) is 0. The molecule has 0 aliphatic heterocycles. The van der Waals surface area contributed by atoms with Gasteiger partial charge in [0.1, 0.15) is 12.4 Å². The quantitative estimate of drug-likeness (QED) is 0.831. The molecular formula is C9H9ClN4O. The number of nitrogen functional groups attached to an aromatic ring is 1. The van der Waals surface area contributed by atoms with Crippen LogP contribution in [-0.4, -0.2) is 15.2 Å². The van der Waals surface area contributed by atoms with Gasteiger partial charge in [-0.3, -0.25) is 5.10 Å². The predicted molar refractivity (Wildman–Crippen MR) is 56.6 cm³/mol. The van der Waals surface area contributed by atoms with E-state index in [4.69, 9.17) is 22.1 Å². The van der Waals surface area contributed by atoms with Crippen LogP contribution < -0.4 is 10.5 Å². The lowest BCUT2D eigenvalue weighted by Crippen LogP contribution is -1.98. The van der Waals surface area contributed by atoms with Gasteiger partial charge in [0.15, 0.2) is 5.82 Å². The van der Waals surface area contributed by atoms with Crippen molar-refractivity contribution in [2.45, 2.75) is 6.61 Å². The number of H-pyrrole nitrogens is 1. The number of para-hydroxylation sites is 1. The summed E-state index contributed by atoms with van der Waals surface area (Å²) in [5, 5.41) is 6.88. The fourth-order valence-electron chi connectivity index (χ4n) is 1.08. The fraction of sp³-hybridized carbons (Fsp3) is 0.111. The minimum atomic E-state index is 0.202. The van der Waals surface area contributed by atoms with Crippen LogP contribution in [0.25, 0.3) is 0 Å². The van der Waals surface area contributed by atoms with Gasteiger partial charge in [-0.25, -0.2) is 0 Å². The Hall–Kier alpha value is -1.75. The summed E-state index contributed by atoms with van der Waals surface area (Å²) in [6.45, 7) is 0.258. The summed E-state index contributed by atoms with van der Waals surface area (Å²) in [5.74, 6) is 1.37. The average molecular weight is 225 g/mol. The summed E-state index contributed by atoms with van der Waals surface area (Å²) in [7, 11) is 0. The third-order valence-electron chi connectivity index (χ3n) is 1.75. The fourth-order valence-corrected chi connectivity index (χ4v) is 1.27. The van der Waals surface area contributed by atoms with E-state index in [1.807, 2.05) is 12.1 Å². The van der Waals surface area contributed by atoms with E-state index in [9.17, 15) is 0 Å². The van der Waals surface area contributed by atoms with Gasteiger partial charge in [0.2, 0.25) is 5.95 Å². The SMILES string of the molecule is Nc1n[nH]c(COc2ccccc2Cl)n1. The smallest absolute Gasteiger partial charge is 0.239 e. The number of nitrogens with one attached hydrogen (secondary N) is 1. The molecule has 6 heteroatoms. The maximum absolute atomic E-state index is 5.90. The van der Waals surface area contributed by atoms with Crippen LogP contribution in [0.5, 0.6) is 5.75 Å². The van der Waals surface area contributed by atoms with E-state index in [0.717, 1.165) is 0 Å². The van der Waals surface area contributed by atoms with Crippen molar-refractivity contribution in [3.63, 3.8) is 0 Å². The first kappa shape index (κ1) is 9.79. The predicted octanol–water partition coefficient (Wildman–Crippen LogP) is 1.62. The topological polar surface area (TPSA) is 76.8 Å². The first-order chi connectivity index (χ1) is 7.25. The van der Waals surface area contributed by atoms with Crippen LogP contribution in [0.3, 0.4) is 0 Å². The number of hydrogen-bond acceptors (Lipinski definition) is 4. The monoisotopic (exact) mass is 224 g/mol. The van der Waals surface area contributed by atoms with Crippen LogP contribution in [0, 0.1) is 0 Å². The molecule has 1 heterocycles. The van der Waals surface area contributed by atoms with Gasteiger partial charge in [-0.2, -0.15) is 4.98 Å². The van der Waals surface area contributed by atoms with Crippen molar-refractivity contribution in [2.24, 2.45) is 0 Å². The lowest BCUT2D eigenvalue weighted by atomic mass is 10.3. The number of nitrogens with two attached hydrogens (primary N) is 1. The Bertz CT molecular complexity index is 457. The molecule has 0 bridgehead atoms. The molecule has 0 unspecified atom stereocenters. The van der Waals surface area contributed by atoms with E-state index in [1.54, 1.807) is 12.1 Å². The average Bonchev–Trinajstić information content (AvgIpc) is 2.63. The molecule has 5 nitrogen and oxygen atoms in total. The van der Waals surface area contributed by atoms with Gasteiger partial charge >= 0.3 is 0 Å². The highest BCUT2D eigenvalue weighted by Crippen LogP contribution is 2.23. The van der Waals surface area contributed by atoms with Gasteiger partial charge in [-0.05, 0) is 12.1 Å². The zero-order chi connectivity index (χ0) is 10.7. The minimum Gasteiger partial charge on any atom is -0.484 e. The van der Waals surface area contributed by atoms with Gasteiger partial charge in [0, 0.05) is 0 Å². The molecule has 0 aliphatic carbocycles. The van der Waals surface area contributed by atoms with Crippen LogP contribution in [0.1, 0.15) is 5.82 Å². The van der Waals surface area contributed by atoms with Crippen molar-refractivity contribution < 1.29 is 4.74 Å². The van der Waals surface area contributed by atoms with Gasteiger partial charge < -0.3 is 10.5 Å². The largest absolute Gasteiger partial charge is 0.484 e. The molecule has 0 atom stereocenters. The summed E-state index contributed by atoms with van der Waals surface area (Å²) in [4.78, 5) is 3.90. The number of halogens is 1. The van der Waals surface area contributed by atoms with Gasteiger partial charge in [0.25, 0.3) is 0 Å². The molecule has 0 aliphatic rings. The van der Waals surface area contributed by atoms with Crippen LogP contribution >= 0.6 is 11.6 Å². The van der Waals surface area contributed by atoms with Crippen molar-refractivity contribution in [3.05, 3.63) is 35.1 Å². The number of nitrogens with zero attached hydrogens (tertiary/aromatic N) is 2. The summed E-state index contributed by atoms with van der Waals surface area (Å²) in [6, 6.07) is 7.21. The molecule has 3 N–H and O–H groups in total. The molecule has 1 aromatic heterocycles. The zero-order valence-electron chi connectivity index (χ0n) is 7.77. The second kappa shape index (κ2) is 4.18. The highest BCUT2D eigenvalue weighted by Gasteiger charge is 2.03. The minimum absolute atomic E-state index is 0.202. The number of rotatable bonds is 3. The maximum Gasteiger partial charge on any atom is 0.239 e. The number of hydrogen-bond donors (Lipinski definition) is 2. The maximum atomic E-state index is 5.90. The molecular weight excluding hydrogens is 216 g/mol. The summed E-state index contributed by atoms with van der Waals surface area (Å²) < 4.78 is 5.41. The molecule has 0 saturated carbocycles. The Kier molecular flexibility index (Phi) is 2.73. The van der Waals surface area contributed by atoms with E-state index in [-0.39, 0.29) is 12.6 Å². The van der Waals surface area contributed by atoms with Crippen molar-refractivity contribution in [1.29, 1.82) is 0 Å². The number of aromatic amines is 1. The Labute approximate surface area is 91.2 Å². The van der Waals surface area contributed by atoms with E-state index in [2.05, 4.69) is 15.2 Å². The first-order valence-electron chi connectivity index (χ1n) is 4.30. The van der Waals surface area contributed by atoms with Crippen LogP contribution in [-0.2, 0) is 6.61 Å². The van der Waals surface area contributed by atoms with Crippen LogP contribution in [0.4, 0.5) is 5.95 Å². The van der Waals surface area contributed by atoms with Crippen molar-refractivity contribution in [1.82, 2.24) is 15.2 Å². The lowest BCUT2D eigenvalue weighted by molar-refractivity contribution is 0.296. The normalized spacial score (nSPS) is 10.2. The second-order valence-electron chi connectivity index (χ2n) is 2.86. The number of anilines is 1. The second-order valence-corrected chi connectivity index (χ2v) is 3.27. The Morgan fingerprint density at radius 2 is 2.20 bits per heavy atom.